The lowest BCUT2D eigenvalue weighted by Gasteiger charge is -2.09. The average molecular weight is 314 g/mol. The summed E-state index contributed by atoms with van der Waals surface area (Å²) in [5.41, 5.74) is 0.428. The second kappa shape index (κ2) is 6.63. The van der Waals surface area contributed by atoms with Crippen LogP contribution in [0.4, 0.5) is 4.39 Å². The Morgan fingerprint density at radius 1 is 1.48 bits per heavy atom. The van der Waals surface area contributed by atoms with Crippen molar-refractivity contribution in [1.29, 1.82) is 5.26 Å². The van der Waals surface area contributed by atoms with Gasteiger partial charge in [0.1, 0.15) is 28.8 Å². The van der Waals surface area contributed by atoms with E-state index in [1.807, 2.05) is 6.07 Å². The van der Waals surface area contributed by atoms with Crippen LogP contribution in [0.3, 0.4) is 0 Å². The van der Waals surface area contributed by atoms with E-state index in [2.05, 4.69) is 5.32 Å². The van der Waals surface area contributed by atoms with Crippen molar-refractivity contribution < 1.29 is 18.3 Å². The third-order valence-electron chi connectivity index (χ3n) is 3.66. The van der Waals surface area contributed by atoms with Crippen molar-refractivity contribution in [3.63, 3.8) is 0 Å². The van der Waals surface area contributed by atoms with Crippen molar-refractivity contribution in [3.8, 4) is 6.07 Å². The lowest BCUT2D eigenvalue weighted by molar-refractivity contribution is -0.117. The maximum atomic E-state index is 13.2. The van der Waals surface area contributed by atoms with Crippen molar-refractivity contribution in [2.24, 2.45) is 0 Å². The van der Waals surface area contributed by atoms with Crippen LogP contribution in [-0.2, 0) is 9.53 Å². The van der Waals surface area contributed by atoms with Gasteiger partial charge in [0.15, 0.2) is 0 Å². The first-order valence-electron chi connectivity index (χ1n) is 7.36. The molecule has 2 heterocycles. The van der Waals surface area contributed by atoms with Gasteiger partial charge in [-0.1, -0.05) is 0 Å². The van der Waals surface area contributed by atoms with Crippen LogP contribution in [0.1, 0.15) is 18.6 Å². The van der Waals surface area contributed by atoms with Crippen molar-refractivity contribution in [3.05, 3.63) is 41.4 Å². The Morgan fingerprint density at radius 2 is 2.35 bits per heavy atom. The molecule has 23 heavy (non-hydrogen) atoms. The predicted molar refractivity (Wildman–Crippen MR) is 81.7 cm³/mol. The Kier molecular flexibility index (Phi) is 4.40. The molecule has 1 aliphatic heterocycles. The van der Waals surface area contributed by atoms with Gasteiger partial charge >= 0.3 is 0 Å². The number of halogens is 1. The summed E-state index contributed by atoms with van der Waals surface area (Å²) in [4.78, 5) is 12.0. The molecule has 0 unspecified atom stereocenters. The van der Waals surface area contributed by atoms with Crippen LogP contribution in [0, 0.1) is 17.1 Å². The van der Waals surface area contributed by atoms with E-state index in [4.69, 9.17) is 14.4 Å². The predicted octanol–water partition coefficient (Wildman–Crippen LogP) is 2.77. The summed E-state index contributed by atoms with van der Waals surface area (Å²) in [7, 11) is 0. The maximum Gasteiger partial charge on any atom is 0.262 e. The van der Waals surface area contributed by atoms with Gasteiger partial charge < -0.3 is 14.5 Å². The molecule has 1 amide bonds. The molecule has 1 atom stereocenters. The Hall–Kier alpha value is -2.65. The number of nitriles is 1. The largest absolute Gasteiger partial charge is 0.457 e. The summed E-state index contributed by atoms with van der Waals surface area (Å²) in [6.45, 7) is 1.08. The van der Waals surface area contributed by atoms with E-state index in [0.717, 1.165) is 12.8 Å². The second-order valence-corrected chi connectivity index (χ2v) is 5.35. The lowest BCUT2D eigenvalue weighted by Crippen LogP contribution is -2.32. The van der Waals surface area contributed by atoms with Crippen LogP contribution < -0.4 is 5.32 Å². The number of ether oxygens (including phenoxy) is 1. The highest BCUT2D eigenvalue weighted by atomic mass is 19.1. The zero-order valence-electron chi connectivity index (χ0n) is 12.3. The number of fused-ring (bicyclic) bond motifs is 1. The highest BCUT2D eigenvalue weighted by Crippen LogP contribution is 2.22. The number of amides is 1. The molecule has 1 aromatic carbocycles. The van der Waals surface area contributed by atoms with Crippen LogP contribution in [0.15, 0.2) is 34.3 Å². The quantitative estimate of drug-likeness (QED) is 0.695. The third-order valence-corrected chi connectivity index (χ3v) is 3.66. The first-order chi connectivity index (χ1) is 11.2. The normalized spacial score (nSPS) is 18.1. The number of carbonyl (C=O) groups is 1. The molecular formula is C17H15FN2O3. The fourth-order valence-electron chi connectivity index (χ4n) is 2.50. The van der Waals surface area contributed by atoms with E-state index in [0.29, 0.717) is 29.9 Å². The molecule has 1 saturated heterocycles. The van der Waals surface area contributed by atoms with Crippen molar-refractivity contribution >= 4 is 23.0 Å². The number of benzene rings is 1. The fourth-order valence-corrected chi connectivity index (χ4v) is 2.50. The molecule has 0 bridgehead atoms. The first kappa shape index (κ1) is 15.3. The molecule has 1 aliphatic rings. The minimum atomic E-state index is -0.477. The smallest absolute Gasteiger partial charge is 0.262 e. The van der Waals surface area contributed by atoms with Gasteiger partial charge in [-0.25, -0.2) is 4.39 Å². The van der Waals surface area contributed by atoms with Gasteiger partial charge in [-0.15, -0.1) is 0 Å². The van der Waals surface area contributed by atoms with E-state index >= 15 is 0 Å². The fraction of sp³-hybridized carbons (Fsp3) is 0.294. The SMILES string of the molecule is N#C/C(=C\c1cc2cc(F)ccc2o1)C(=O)NC[C@@H]1CCCO1. The molecule has 118 valence electrons. The summed E-state index contributed by atoms with van der Waals surface area (Å²) < 4.78 is 24.1. The van der Waals surface area contributed by atoms with E-state index in [-0.39, 0.29) is 17.5 Å². The van der Waals surface area contributed by atoms with E-state index in [1.165, 1.54) is 24.3 Å². The van der Waals surface area contributed by atoms with E-state index in [1.54, 1.807) is 6.07 Å². The Labute approximate surface area is 132 Å². The Balaban J connectivity index is 1.73. The standard InChI is InChI=1S/C17H15FN2O3/c18-13-3-4-16-11(6-13)7-15(23-16)8-12(9-19)17(21)20-10-14-2-1-5-22-14/h3-4,6-8,14H,1-2,5,10H2,(H,20,21)/b12-8+/t14-/m0/s1. The summed E-state index contributed by atoms with van der Waals surface area (Å²) in [5, 5.41) is 12.4. The zero-order valence-corrected chi connectivity index (χ0v) is 12.3. The molecule has 1 N–H and O–H groups in total. The summed E-state index contributed by atoms with van der Waals surface area (Å²) in [5.74, 6) is -0.521. The van der Waals surface area contributed by atoms with Gasteiger partial charge in [0, 0.05) is 24.6 Å². The Bertz CT molecular complexity index is 798. The molecule has 5 nitrogen and oxygen atoms in total. The molecule has 6 heteroatoms. The van der Waals surface area contributed by atoms with Gasteiger partial charge in [0.05, 0.1) is 6.10 Å². The number of nitrogens with zero attached hydrogens (tertiary/aromatic N) is 1. The molecule has 0 radical (unpaired) electrons. The average Bonchev–Trinajstić information content (AvgIpc) is 3.18. The van der Waals surface area contributed by atoms with Gasteiger partial charge in [-0.05, 0) is 37.1 Å². The topological polar surface area (TPSA) is 75.3 Å². The van der Waals surface area contributed by atoms with Crippen LogP contribution in [-0.4, -0.2) is 25.2 Å². The summed E-state index contributed by atoms with van der Waals surface area (Å²) in [6, 6.07) is 7.57. The number of carbonyl (C=O) groups excluding carboxylic acids is 1. The van der Waals surface area contributed by atoms with Crippen molar-refractivity contribution in [2.45, 2.75) is 18.9 Å². The maximum absolute atomic E-state index is 13.2. The second-order valence-electron chi connectivity index (χ2n) is 5.35. The molecule has 0 spiro atoms. The summed E-state index contributed by atoms with van der Waals surface area (Å²) in [6.07, 6.45) is 3.24. The minimum absolute atomic E-state index is 0.00747. The lowest BCUT2D eigenvalue weighted by atomic mass is 10.2. The molecule has 1 aromatic heterocycles. The zero-order chi connectivity index (χ0) is 16.2. The molecular weight excluding hydrogens is 299 g/mol. The van der Waals surface area contributed by atoms with Crippen LogP contribution in [0.2, 0.25) is 0 Å². The molecule has 1 fully saturated rings. The number of furan rings is 1. The first-order valence-corrected chi connectivity index (χ1v) is 7.36. The van der Waals surface area contributed by atoms with Crippen molar-refractivity contribution in [2.75, 3.05) is 13.2 Å². The van der Waals surface area contributed by atoms with Gasteiger partial charge in [-0.2, -0.15) is 5.26 Å². The molecule has 0 saturated carbocycles. The van der Waals surface area contributed by atoms with Crippen molar-refractivity contribution in [1.82, 2.24) is 5.32 Å². The number of rotatable bonds is 4. The Morgan fingerprint density at radius 3 is 3.09 bits per heavy atom. The molecule has 0 aliphatic carbocycles. The number of hydrogen-bond acceptors (Lipinski definition) is 4. The highest BCUT2D eigenvalue weighted by Gasteiger charge is 2.18. The molecule has 3 rings (SSSR count). The van der Waals surface area contributed by atoms with Crippen LogP contribution >= 0.6 is 0 Å². The number of hydrogen-bond donors (Lipinski definition) is 1. The van der Waals surface area contributed by atoms with Gasteiger partial charge in [-0.3, -0.25) is 4.79 Å². The van der Waals surface area contributed by atoms with E-state index in [9.17, 15) is 9.18 Å². The minimum Gasteiger partial charge on any atom is -0.457 e. The highest BCUT2D eigenvalue weighted by molar-refractivity contribution is 6.01. The van der Waals surface area contributed by atoms with Gasteiger partial charge in [0.2, 0.25) is 0 Å². The molecule has 2 aromatic rings. The third kappa shape index (κ3) is 3.58. The van der Waals surface area contributed by atoms with E-state index < -0.39 is 5.91 Å². The summed E-state index contributed by atoms with van der Waals surface area (Å²) >= 11 is 0. The number of nitrogens with one attached hydrogen (secondary N) is 1. The monoisotopic (exact) mass is 314 g/mol. The van der Waals surface area contributed by atoms with Gasteiger partial charge in [0.25, 0.3) is 5.91 Å². The van der Waals surface area contributed by atoms with Crippen LogP contribution in [0.25, 0.3) is 17.0 Å². The van der Waals surface area contributed by atoms with Crippen LogP contribution in [0.5, 0.6) is 0 Å².